The van der Waals surface area contributed by atoms with Crippen LogP contribution in [0.3, 0.4) is 0 Å². The fourth-order valence-electron chi connectivity index (χ4n) is 2.59. The maximum Gasteiger partial charge on any atom is 0.107 e. The monoisotopic (exact) mass is 257 g/mol. The van der Waals surface area contributed by atoms with E-state index >= 15 is 0 Å². The third kappa shape index (κ3) is 1.82. The zero-order valence-corrected chi connectivity index (χ0v) is 10.9. The van der Waals surface area contributed by atoms with E-state index in [1.807, 2.05) is 18.2 Å². The number of benzene rings is 1. The lowest BCUT2D eigenvalue weighted by molar-refractivity contribution is 0.949. The second-order valence-corrected chi connectivity index (χ2v) is 5.04. The van der Waals surface area contributed by atoms with Crippen LogP contribution in [0.4, 0.5) is 5.69 Å². The quantitative estimate of drug-likeness (QED) is 0.839. The number of nitrogens with two attached hydrogens (primary N) is 1. The number of fused-ring (bicyclic) bond motifs is 1. The molecular formula is C14H15N3S. The summed E-state index contributed by atoms with van der Waals surface area (Å²) in [7, 11) is 0. The fraction of sp³-hybridized carbons (Fsp3) is 0.286. The predicted molar refractivity (Wildman–Crippen MR) is 79.1 cm³/mol. The van der Waals surface area contributed by atoms with Gasteiger partial charge in [0.25, 0.3) is 0 Å². The lowest BCUT2D eigenvalue weighted by Crippen LogP contribution is -2.23. The zero-order valence-electron chi connectivity index (χ0n) is 10.1. The van der Waals surface area contributed by atoms with E-state index in [4.69, 9.17) is 18.0 Å². The van der Waals surface area contributed by atoms with Gasteiger partial charge in [-0.3, -0.25) is 4.98 Å². The van der Waals surface area contributed by atoms with Crippen LogP contribution in [0.25, 0.3) is 10.9 Å². The lowest BCUT2D eigenvalue weighted by Gasteiger charge is -2.22. The highest BCUT2D eigenvalue weighted by atomic mass is 32.1. The average Bonchev–Trinajstić information content (AvgIpc) is 2.90. The van der Waals surface area contributed by atoms with Crippen LogP contribution in [0.5, 0.6) is 0 Å². The van der Waals surface area contributed by atoms with Crippen molar-refractivity contribution in [3.63, 3.8) is 0 Å². The Bertz CT molecular complexity index is 603. The van der Waals surface area contributed by atoms with Crippen molar-refractivity contribution in [1.29, 1.82) is 0 Å². The van der Waals surface area contributed by atoms with E-state index in [1.165, 1.54) is 12.8 Å². The standard InChI is InChI=1S/C14H15N3S/c15-14(18)11-9-16-12-6-2-1-5-10(12)13(11)17-7-3-4-8-17/h1-2,5-6,9H,3-4,7-8H2,(H2,15,18). The Morgan fingerprint density at radius 1 is 1.22 bits per heavy atom. The molecule has 0 amide bonds. The maximum absolute atomic E-state index is 5.84. The molecule has 1 aromatic carbocycles. The Morgan fingerprint density at radius 3 is 2.67 bits per heavy atom. The minimum absolute atomic E-state index is 0.426. The van der Waals surface area contributed by atoms with Crippen molar-refractivity contribution in [3.05, 3.63) is 36.0 Å². The van der Waals surface area contributed by atoms with Crippen molar-refractivity contribution in [3.8, 4) is 0 Å². The molecular weight excluding hydrogens is 242 g/mol. The molecule has 3 rings (SSSR count). The molecule has 0 atom stereocenters. The van der Waals surface area contributed by atoms with Gasteiger partial charge in [0, 0.05) is 24.7 Å². The molecule has 2 N–H and O–H groups in total. The molecule has 0 aliphatic carbocycles. The van der Waals surface area contributed by atoms with Gasteiger partial charge in [0.05, 0.1) is 16.8 Å². The van der Waals surface area contributed by atoms with Gasteiger partial charge in [0.2, 0.25) is 0 Å². The number of para-hydroxylation sites is 1. The van der Waals surface area contributed by atoms with Crippen molar-refractivity contribution >= 4 is 33.8 Å². The molecule has 0 spiro atoms. The van der Waals surface area contributed by atoms with Gasteiger partial charge in [0.15, 0.2) is 0 Å². The van der Waals surface area contributed by atoms with Crippen molar-refractivity contribution in [1.82, 2.24) is 4.98 Å². The minimum Gasteiger partial charge on any atom is -0.389 e. The lowest BCUT2D eigenvalue weighted by atomic mass is 10.1. The van der Waals surface area contributed by atoms with Gasteiger partial charge >= 0.3 is 0 Å². The first-order chi connectivity index (χ1) is 8.77. The van der Waals surface area contributed by atoms with Crippen LogP contribution >= 0.6 is 12.2 Å². The summed E-state index contributed by atoms with van der Waals surface area (Å²) in [6.45, 7) is 2.15. The number of pyridine rings is 1. The van der Waals surface area contributed by atoms with Crippen LogP contribution in [-0.2, 0) is 0 Å². The molecule has 0 saturated carbocycles. The summed E-state index contributed by atoms with van der Waals surface area (Å²) in [6, 6.07) is 8.16. The van der Waals surface area contributed by atoms with Gasteiger partial charge in [-0.15, -0.1) is 0 Å². The Hall–Kier alpha value is -1.68. The largest absolute Gasteiger partial charge is 0.389 e. The summed E-state index contributed by atoms with van der Waals surface area (Å²) in [5, 5.41) is 1.14. The molecule has 92 valence electrons. The van der Waals surface area contributed by atoms with E-state index in [0.29, 0.717) is 4.99 Å². The first-order valence-electron chi connectivity index (χ1n) is 6.20. The third-order valence-electron chi connectivity index (χ3n) is 3.43. The van der Waals surface area contributed by atoms with Crippen LogP contribution in [0, 0.1) is 0 Å². The number of thiocarbonyl (C=S) groups is 1. The molecule has 2 heterocycles. The summed E-state index contributed by atoms with van der Waals surface area (Å²) >= 11 is 5.16. The first kappa shape index (κ1) is 11.4. The van der Waals surface area contributed by atoms with E-state index in [9.17, 15) is 0 Å². The molecule has 18 heavy (non-hydrogen) atoms. The predicted octanol–water partition coefficient (Wildman–Crippen LogP) is 2.47. The van der Waals surface area contributed by atoms with Gasteiger partial charge in [-0.1, -0.05) is 30.4 Å². The van der Waals surface area contributed by atoms with Gasteiger partial charge in [-0.2, -0.15) is 0 Å². The zero-order chi connectivity index (χ0) is 12.5. The molecule has 0 radical (unpaired) electrons. The number of hydrogen-bond donors (Lipinski definition) is 1. The summed E-state index contributed by atoms with van der Waals surface area (Å²) in [5.41, 5.74) is 8.89. The molecule has 1 aliphatic rings. The Labute approximate surface area is 112 Å². The second-order valence-electron chi connectivity index (χ2n) is 4.60. The first-order valence-corrected chi connectivity index (χ1v) is 6.60. The minimum atomic E-state index is 0.426. The molecule has 0 bridgehead atoms. The average molecular weight is 257 g/mol. The van der Waals surface area contributed by atoms with Crippen LogP contribution in [0.1, 0.15) is 18.4 Å². The van der Waals surface area contributed by atoms with Crippen molar-refractivity contribution in [2.45, 2.75) is 12.8 Å². The fourth-order valence-corrected chi connectivity index (χ4v) is 2.74. The van der Waals surface area contributed by atoms with Crippen molar-refractivity contribution in [2.75, 3.05) is 18.0 Å². The molecule has 0 unspecified atom stereocenters. The van der Waals surface area contributed by atoms with Crippen molar-refractivity contribution < 1.29 is 0 Å². The summed E-state index contributed by atoms with van der Waals surface area (Å²) in [4.78, 5) is 7.24. The number of hydrogen-bond acceptors (Lipinski definition) is 3. The molecule has 2 aromatic rings. The van der Waals surface area contributed by atoms with Crippen LogP contribution in [0.15, 0.2) is 30.5 Å². The molecule has 3 nitrogen and oxygen atoms in total. The molecule has 1 fully saturated rings. The van der Waals surface area contributed by atoms with Crippen molar-refractivity contribution in [2.24, 2.45) is 5.73 Å². The number of rotatable bonds is 2. The van der Waals surface area contributed by atoms with Gasteiger partial charge in [-0.25, -0.2) is 0 Å². The number of aromatic nitrogens is 1. The van der Waals surface area contributed by atoms with Gasteiger partial charge < -0.3 is 10.6 Å². The summed E-state index contributed by atoms with van der Waals surface area (Å²) in [5.74, 6) is 0. The van der Waals surface area contributed by atoms with Crippen LogP contribution < -0.4 is 10.6 Å². The normalized spacial score (nSPS) is 15.2. The van der Waals surface area contributed by atoms with Gasteiger partial charge in [0.1, 0.15) is 4.99 Å². The van der Waals surface area contributed by atoms with Gasteiger partial charge in [-0.05, 0) is 18.9 Å². The van der Waals surface area contributed by atoms with Crippen LogP contribution in [0.2, 0.25) is 0 Å². The molecule has 1 aliphatic heterocycles. The smallest absolute Gasteiger partial charge is 0.107 e. The SMILES string of the molecule is NC(=S)c1cnc2ccccc2c1N1CCCC1. The second kappa shape index (κ2) is 4.53. The summed E-state index contributed by atoms with van der Waals surface area (Å²) in [6.07, 6.45) is 4.26. The maximum atomic E-state index is 5.84. The number of nitrogens with zero attached hydrogens (tertiary/aromatic N) is 2. The third-order valence-corrected chi connectivity index (χ3v) is 3.65. The molecule has 4 heteroatoms. The van der Waals surface area contributed by atoms with Crippen LogP contribution in [-0.4, -0.2) is 23.1 Å². The molecule has 1 saturated heterocycles. The topological polar surface area (TPSA) is 42.1 Å². The Balaban J connectivity index is 2.28. The van der Waals surface area contributed by atoms with E-state index in [2.05, 4.69) is 16.0 Å². The highest BCUT2D eigenvalue weighted by Crippen LogP contribution is 2.31. The van der Waals surface area contributed by atoms with E-state index < -0.39 is 0 Å². The Morgan fingerprint density at radius 2 is 1.94 bits per heavy atom. The van der Waals surface area contributed by atoms with E-state index in [1.54, 1.807) is 6.20 Å². The van der Waals surface area contributed by atoms with E-state index in [-0.39, 0.29) is 0 Å². The molecule has 1 aromatic heterocycles. The summed E-state index contributed by atoms with van der Waals surface area (Å²) < 4.78 is 0. The number of anilines is 1. The highest BCUT2D eigenvalue weighted by Gasteiger charge is 2.19. The van der Waals surface area contributed by atoms with E-state index in [0.717, 1.165) is 35.2 Å². The Kier molecular flexibility index (Phi) is 2.88. The highest BCUT2D eigenvalue weighted by molar-refractivity contribution is 7.80.